The summed E-state index contributed by atoms with van der Waals surface area (Å²) >= 11 is 0. The highest BCUT2D eigenvalue weighted by atomic mass is 19.1. The van der Waals surface area contributed by atoms with Crippen molar-refractivity contribution in [3.8, 4) is 5.75 Å². The SMILES string of the molecule is CCC(=O)c1cc(F)cc(F)c1O[C@@H](C)C(=O)O. The molecule has 0 heterocycles. The molecule has 18 heavy (non-hydrogen) atoms. The first-order chi connectivity index (χ1) is 8.36. The minimum absolute atomic E-state index is 0.0285. The van der Waals surface area contributed by atoms with Crippen molar-refractivity contribution in [2.75, 3.05) is 0 Å². The lowest BCUT2D eigenvalue weighted by molar-refractivity contribution is -0.144. The van der Waals surface area contributed by atoms with Crippen molar-refractivity contribution in [2.45, 2.75) is 26.4 Å². The standard InChI is InChI=1S/C12H12F2O4/c1-3-10(15)8-4-7(13)5-9(14)11(8)18-6(2)12(16)17/h4-6H,3H2,1-2H3,(H,16,17)/t6-/m0/s1. The highest BCUT2D eigenvalue weighted by molar-refractivity contribution is 5.98. The zero-order valence-electron chi connectivity index (χ0n) is 9.87. The van der Waals surface area contributed by atoms with Gasteiger partial charge in [-0.3, -0.25) is 4.79 Å². The highest BCUT2D eigenvalue weighted by Crippen LogP contribution is 2.26. The number of carbonyl (C=O) groups excluding carboxylic acids is 1. The third kappa shape index (κ3) is 3.03. The Bertz CT molecular complexity index is 485. The molecule has 0 saturated heterocycles. The summed E-state index contributed by atoms with van der Waals surface area (Å²) in [5.41, 5.74) is -0.289. The van der Waals surface area contributed by atoms with Crippen molar-refractivity contribution in [3.05, 3.63) is 29.3 Å². The second-order valence-corrected chi connectivity index (χ2v) is 3.64. The van der Waals surface area contributed by atoms with Crippen LogP contribution in [0.5, 0.6) is 5.75 Å². The van der Waals surface area contributed by atoms with Gasteiger partial charge in [0.1, 0.15) is 5.82 Å². The first-order valence-corrected chi connectivity index (χ1v) is 5.28. The van der Waals surface area contributed by atoms with E-state index in [2.05, 4.69) is 0 Å². The molecule has 4 nitrogen and oxygen atoms in total. The van der Waals surface area contributed by atoms with E-state index >= 15 is 0 Å². The number of Topliss-reactive ketones (excluding diaryl/α,β-unsaturated/α-hetero) is 1. The Labute approximate surface area is 102 Å². The lowest BCUT2D eigenvalue weighted by atomic mass is 10.1. The number of benzene rings is 1. The summed E-state index contributed by atoms with van der Waals surface area (Å²) < 4.78 is 31.4. The molecule has 0 aromatic heterocycles. The summed E-state index contributed by atoms with van der Waals surface area (Å²) in [5, 5.41) is 8.67. The maximum atomic E-state index is 13.5. The fourth-order valence-electron chi connectivity index (χ4n) is 1.30. The van der Waals surface area contributed by atoms with Crippen LogP contribution in [0.4, 0.5) is 8.78 Å². The zero-order valence-corrected chi connectivity index (χ0v) is 9.87. The second-order valence-electron chi connectivity index (χ2n) is 3.64. The number of rotatable bonds is 5. The van der Waals surface area contributed by atoms with Crippen LogP contribution < -0.4 is 4.74 Å². The first-order valence-electron chi connectivity index (χ1n) is 5.28. The summed E-state index contributed by atoms with van der Waals surface area (Å²) in [6.07, 6.45) is -1.31. The van der Waals surface area contributed by atoms with E-state index in [4.69, 9.17) is 9.84 Å². The predicted octanol–water partition coefficient (Wildman–Crippen LogP) is 2.41. The fourth-order valence-corrected chi connectivity index (χ4v) is 1.30. The van der Waals surface area contributed by atoms with Crippen molar-refractivity contribution in [1.82, 2.24) is 0 Å². The summed E-state index contributed by atoms with van der Waals surface area (Å²) in [4.78, 5) is 22.2. The van der Waals surface area contributed by atoms with Gasteiger partial charge in [0.25, 0.3) is 0 Å². The van der Waals surface area contributed by atoms with Gasteiger partial charge in [-0.05, 0) is 13.0 Å². The van der Waals surface area contributed by atoms with Crippen LogP contribution in [0.25, 0.3) is 0 Å². The second kappa shape index (κ2) is 5.57. The minimum atomic E-state index is -1.34. The van der Waals surface area contributed by atoms with Crippen LogP contribution in [-0.2, 0) is 4.79 Å². The third-order valence-corrected chi connectivity index (χ3v) is 2.27. The third-order valence-electron chi connectivity index (χ3n) is 2.27. The van der Waals surface area contributed by atoms with E-state index in [-0.39, 0.29) is 12.0 Å². The van der Waals surface area contributed by atoms with E-state index in [0.717, 1.165) is 6.07 Å². The quantitative estimate of drug-likeness (QED) is 0.824. The number of carboxylic acid groups (broad SMARTS) is 1. The average molecular weight is 258 g/mol. The van der Waals surface area contributed by atoms with Gasteiger partial charge in [0.2, 0.25) is 0 Å². The van der Waals surface area contributed by atoms with Crippen LogP contribution in [0.3, 0.4) is 0 Å². The molecule has 0 fully saturated rings. The predicted molar refractivity (Wildman–Crippen MR) is 58.7 cm³/mol. The Hall–Kier alpha value is -1.98. The topological polar surface area (TPSA) is 63.6 Å². The number of carboxylic acids is 1. The highest BCUT2D eigenvalue weighted by Gasteiger charge is 2.22. The summed E-state index contributed by atoms with van der Waals surface area (Å²) in [7, 11) is 0. The van der Waals surface area contributed by atoms with Crippen LogP contribution in [0.15, 0.2) is 12.1 Å². The maximum absolute atomic E-state index is 13.5. The molecule has 1 aromatic carbocycles. The van der Waals surface area contributed by atoms with Crippen LogP contribution in [0, 0.1) is 11.6 Å². The normalized spacial score (nSPS) is 12.0. The number of hydrogen-bond acceptors (Lipinski definition) is 3. The molecule has 1 aromatic rings. The fraction of sp³-hybridized carbons (Fsp3) is 0.333. The monoisotopic (exact) mass is 258 g/mol. The lowest BCUT2D eigenvalue weighted by Crippen LogP contribution is -2.24. The van der Waals surface area contributed by atoms with E-state index in [1.165, 1.54) is 13.8 Å². The molecule has 1 N–H and O–H groups in total. The van der Waals surface area contributed by atoms with Gasteiger partial charge < -0.3 is 9.84 Å². The summed E-state index contributed by atoms with van der Waals surface area (Å²) in [5.74, 6) is -4.38. The van der Waals surface area contributed by atoms with E-state index in [1.54, 1.807) is 0 Å². The van der Waals surface area contributed by atoms with Gasteiger partial charge in [-0.15, -0.1) is 0 Å². The molecule has 0 aliphatic heterocycles. The van der Waals surface area contributed by atoms with Gasteiger partial charge >= 0.3 is 5.97 Å². The number of carbonyl (C=O) groups is 2. The molecule has 0 bridgehead atoms. The number of ether oxygens (including phenoxy) is 1. The summed E-state index contributed by atoms with van der Waals surface area (Å²) in [6, 6.07) is 1.37. The van der Waals surface area contributed by atoms with Gasteiger partial charge in [-0.25, -0.2) is 13.6 Å². The molecule has 1 atom stereocenters. The van der Waals surface area contributed by atoms with Crippen LogP contribution in [0.2, 0.25) is 0 Å². The Kier molecular flexibility index (Phi) is 4.36. The molecule has 1 rings (SSSR count). The van der Waals surface area contributed by atoms with Crippen molar-refractivity contribution < 1.29 is 28.2 Å². The molecule has 0 spiro atoms. The number of halogens is 2. The molecular weight excluding hydrogens is 246 g/mol. The number of aliphatic carboxylic acids is 1. The molecule has 0 unspecified atom stereocenters. The van der Waals surface area contributed by atoms with Crippen LogP contribution >= 0.6 is 0 Å². The van der Waals surface area contributed by atoms with E-state index < -0.39 is 35.2 Å². The van der Waals surface area contributed by atoms with E-state index in [9.17, 15) is 18.4 Å². The lowest BCUT2D eigenvalue weighted by Gasteiger charge is -2.14. The van der Waals surface area contributed by atoms with Crippen molar-refractivity contribution in [3.63, 3.8) is 0 Å². The smallest absolute Gasteiger partial charge is 0.344 e. The van der Waals surface area contributed by atoms with Crippen LogP contribution in [0.1, 0.15) is 30.6 Å². The van der Waals surface area contributed by atoms with Crippen molar-refractivity contribution >= 4 is 11.8 Å². The molecule has 98 valence electrons. The first kappa shape index (κ1) is 14.1. The molecule has 0 radical (unpaired) electrons. The molecule has 0 saturated carbocycles. The molecule has 0 amide bonds. The zero-order chi connectivity index (χ0) is 13.9. The Morgan fingerprint density at radius 2 is 2.00 bits per heavy atom. The van der Waals surface area contributed by atoms with Gasteiger partial charge in [0.15, 0.2) is 23.5 Å². The minimum Gasteiger partial charge on any atom is -0.479 e. The van der Waals surface area contributed by atoms with Crippen molar-refractivity contribution in [1.29, 1.82) is 0 Å². The van der Waals surface area contributed by atoms with Crippen molar-refractivity contribution in [2.24, 2.45) is 0 Å². The van der Waals surface area contributed by atoms with E-state index in [0.29, 0.717) is 6.07 Å². The Morgan fingerprint density at radius 1 is 1.39 bits per heavy atom. The molecule has 0 aliphatic rings. The van der Waals surface area contributed by atoms with E-state index in [1.807, 2.05) is 0 Å². The number of ketones is 1. The Morgan fingerprint density at radius 3 is 2.50 bits per heavy atom. The maximum Gasteiger partial charge on any atom is 0.344 e. The van der Waals surface area contributed by atoms with Gasteiger partial charge in [-0.2, -0.15) is 0 Å². The van der Waals surface area contributed by atoms with Gasteiger partial charge in [0, 0.05) is 12.5 Å². The average Bonchev–Trinajstić information content (AvgIpc) is 2.30. The molecular formula is C12H12F2O4. The Balaban J connectivity index is 3.23. The number of hydrogen-bond donors (Lipinski definition) is 1. The molecule has 0 aliphatic carbocycles. The summed E-state index contributed by atoms with van der Waals surface area (Å²) in [6.45, 7) is 2.71. The molecule has 6 heteroatoms. The van der Waals surface area contributed by atoms with Gasteiger partial charge in [0.05, 0.1) is 5.56 Å². The van der Waals surface area contributed by atoms with Crippen LogP contribution in [-0.4, -0.2) is 23.0 Å². The van der Waals surface area contributed by atoms with Gasteiger partial charge in [-0.1, -0.05) is 6.92 Å². The largest absolute Gasteiger partial charge is 0.479 e.